The lowest BCUT2D eigenvalue weighted by Gasteiger charge is -2.14. The van der Waals surface area contributed by atoms with E-state index in [1.165, 1.54) is 0 Å². The smallest absolute Gasteiger partial charge is 0.220 e. The van der Waals surface area contributed by atoms with Crippen LogP contribution >= 0.6 is 0 Å². The van der Waals surface area contributed by atoms with Gasteiger partial charge in [-0.05, 0) is 43.0 Å². The van der Waals surface area contributed by atoms with Gasteiger partial charge in [0.25, 0.3) is 0 Å². The normalized spacial score (nSPS) is 11.7. The quantitative estimate of drug-likeness (QED) is 0.733. The predicted octanol–water partition coefficient (Wildman–Crippen LogP) is 2.72. The van der Waals surface area contributed by atoms with Gasteiger partial charge in [0.05, 0.1) is 11.6 Å². The number of nitrogens with one attached hydrogen (secondary N) is 1. The summed E-state index contributed by atoms with van der Waals surface area (Å²) in [6.07, 6.45) is 4.70. The van der Waals surface area contributed by atoms with Crippen LogP contribution in [0.2, 0.25) is 0 Å². The predicted molar refractivity (Wildman–Crippen MR) is 84.3 cm³/mol. The van der Waals surface area contributed by atoms with Crippen LogP contribution in [0.15, 0.2) is 24.3 Å². The van der Waals surface area contributed by atoms with Gasteiger partial charge >= 0.3 is 0 Å². The highest BCUT2D eigenvalue weighted by Crippen LogP contribution is 2.16. The molecule has 0 saturated heterocycles. The summed E-state index contributed by atoms with van der Waals surface area (Å²) in [6, 6.07) is 9.40. The van der Waals surface area contributed by atoms with E-state index < -0.39 is 0 Å². The zero-order valence-electron chi connectivity index (χ0n) is 12.8. The lowest BCUT2D eigenvalue weighted by atomic mass is 9.94. The Hall–Kier alpha value is -1.86. The van der Waals surface area contributed by atoms with Crippen molar-refractivity contribution in [1.82, 2.24) is 5.32 Å². The molecule has 0 aliphatic heterocycles. The number of nitrogens with zero attached hydrogens (tertiary/aromatic N) is 1. The van der Waals surface area contributed by atoms with Gasteiger partial charge in [0.15, 0.2) is 0 Å². The van der Waals surface area contributed by atoms with Crippen molar-refractivity contribution in [1.29, 1.82) is 5.26 Å². The first-order chi connectivity index (χ1) is 10.2. The Morgan fingerprint density at radius 2 is 2.19 bits per heavy atom. The largest absolute Gasteiger partial charge is 0.352 e. The number of carbonyl (C=O) groups is 1. The van der Waals surface area contributed by atoms with Crippen molar-refractivity contribution in [2.24, 2.45) is 11.7 Å². The average Bonchev–Trinajstić information content (AvgIpc) is 2.51. The van der Waals surface area contributed by atoms with E-state index >= 15 is 0 Å². The SMILES string of the molecule is CCCC(CCN)CCC(=O)NCc1cccc(C#N)c1. The van der Waals surface area contributed by atoms with Crippen LogP contribution in [0.25, 0.3) is 0 Å². The fraction of sp³-hybridized carbons (Fsp3) is 0.529. The lowest BCUT2D eigenvalue weighted by Crippen LogP contribution is -2.23. The highest BCUT2D eigenvalue weighted by Gasteiger charge is 2.10. The third-order valence-corrected chi connectivity index (χ3v) is 3.60. The van der Waals surface area contributed by atoms with Gasteiger partial charge in [-0.3, -0.25) is 4.79 Å². The summed E-state index contributed by atoms with van der Waals surface area (Å²) < 4.78 is 0. The number of carbonyl (C=O) groups excluding carboxylic acids is 1. The van der Waals surface area contributed by atoms with Crippen molar-refractivity contribution >= 4 is 5.91 Å². The van der Waals surface area contributed by atoms with Gasteiger partial charge in [-0.2, -0.15) is 5.26 Å². The first-order valence-electron chi connectivity index (χ1n) is 7.65. The first-order valence-corrected chi connectivity index (χ1v) is 7.65. The first kappa shape index (κ1) is 17.2. The molecule has 3 N–H and O–H groups in total. The van der Waals surface area contributed by atoms with Crippen LogP contribution in [0.1, 0.15) is 50.2 Å². The van der Waals surface area contributed by atoms with Gasteiger partial charge in [-0.25, -0.2) is 0 Å². The summed E-state index contributed by atoms with van der Waals surface area (Å²) in [4.78, 5) is 11.9. The van der Waals surface area contributed by atoms with Crippen LogP contribution in [-0.4, -0.2) is 12.5 Å². The Bertz CT molecular complexity index is 473. The maximum atomic E-state index is 11.9. The van der Waals surface area contributed by atoms with Crippen molar-refractivity contribution < 1.29 is 4.79 Å². The molecule has 0 aromatic heterocycles. The molecule has 0 saturated carbocycles. The van der Waals surface area contributed by atoms with E-state index in [4.69, 9.17) is 11.0 Å². The third kappa shape index (κ3) is 6.92. The van der Waals surface area contributed by atoms with Gasteiger partial charge < -0.3 is 11.1 Å². The summed E-state index contributed by atoms with van der Waals surface area (Å²) in [5.41, 5.74) is 7.17. The number of hydrogen-bond acceptors (Lipinski definition) is 3. The molecular weight excluding hydrogens is 262 g/mol. The minimum atomic E-state index is 0.0653. The molecule has 114 valence electrons. The van der Waals surface area contributed by atoms with E-state index in [1.807, 2.05) is 12.1 Å². The maximum Gasteiger partial charge on any atom is 0.220 e. The fourth-order valence-electron chi connectivity index (χ4n) is 2.45. The van der Waals surface area contributed by atoms with Crippen LogP contribution in [0.3, 0.4) is 0 Å². The van der Waals surface area contributed by atoms with Gasteiger partial charge in [0.2, 0.25) is 5.91 Å². The fourth-order valence-corrected chi connectivity index (χ4v) is 2.45. The minimum Gasteiger partial charge on any atom is -0.352 e. The summed E-state index contributed by atoms with van der Waals surface area (Å²) in [6.45, 7) is 3.32. The average molecular weight is 287 g/mol. The monoisotopic (exact) mass is 287 g/mol. The molecule has 0 spiro atoms. The van der Waals surface area contributed by atoms with Crippen molar-refractivity contribution in [3.63, 3.8) is 0 Å². The van der Waals surface area contributed by atoms with E-state index in [2.05, 4.69) is 18.3 Å². The molecule has 1 amide bonds. The topological polar surface area (TPSA) is 78.9 Å². The van der Waals surface area contributed by atoms with E-state index in [1.54, 1.807) is 12.1 Å². The Morgan fingerprint density at radius 3 is 2.86 bits per heavy atom. The van der Waals surface area contributed by atoms with Crippen molar-refractivity contribution in [3.8, 4) is 6.07 Å². The third-order valence-electron chi connectivity index (χ3n) is 3.60. The molecule has 0 radical (unpaired) electrons. The number of amides is 1. The molecule has 1 atom stereocenters. The highest BCUT2D eigenvalue weighted by atomic mass is 16.1. The van der Waals surface area contributed by atoms with Crippen molar-refractivity contribution in [2.45, 2.75) is 45.6 Å². The number of nitrogens with two attached hydrogens (primary N) is 1. The summed E-state index contributed by atoms with van der Waals surface area (Å²) in [5, 5.41) is 11.7. The second-order valence-corrected chi connectivity index (χ2v) is 5.36. The van der Waals surface area contributed by atoms with Crippen LogP contribution in [0.5, 0.6) is 0 Å². The molecule has 1 unspecified atom stereocenters. The number of hydrogen-bond donors (Lipinski definition) is 2. The van der Waals surface area contributed by atoms with Gasteiger partial charge in [-0.1, -0.05) is 31.9 Å². The van der Waals surface area contributed by atoms with Crippen LogP contribution in [0.4, 0.5) is 0 Å². The molecular formula is C17H25N3O. The molecule has 0 fully saturated rings. The molecule has 0 aliphatic rings. The van der Waals surface area contributed by atoms with Crippen molar-refractivity contribution in [2.75, 3.05) is 6.54 Å². The second-order valence-electron chi connectivity index (χ2n) is 5.36. The van der Waals surface area contributed by atoms with E-state index in [-0.39, 0.29) is 5.91 Å². The van der Waals surface area contributed by atoms with Crippen LogP contribution < -0.4 is 11.1 Å². The number of benzene rings is 1. The molecule has 4 nitrogen and oxygen atoms in total. The Balaban J connectivity index is 2.34. The van der Waals surface area contributed by atoms with E-state index in [9.17, 15) is 4.79 Å². The maximum absolute atomic E-state index is 11.9. The number of nitriles is 1. The van der Waals surface area contributed by atoms with Gasteiger partial charge in [-0.15, -0.1) is 0 Å². The van der Waals surface area contributed by atoms with Crippen LogP contribution in [-0.2, 0) is 11.3 Å². The van der Waals surface area contributed by atoms with Crippen LogP contribution in [0, 0.1) is 17.2 Å². The second kappa shape index (κ2) is 9.95. The minimum absolute atomic E-state index is 0.0653. The Labute approximate surface area is 127 Å². The molecule has 21 heavy (non-hydrogen) atoms. The molecule has 4 heteroatoms. The zero-order chi connectivity index (χ0) is 15.5. The molecule has 0 aliphatic carbocycles. The summed E-state index contributed by atoms with van der Waals surface area (Å²) >= 11 is 0. The van der Waals surface area contributed by atoms with E-state index in [0.29, 0.717) is 31.0 Å². The van der Waals surface area contributed by atoms with Gasteiger partial charge in [0.1, 0.15) is 0 Å². The lowest BCUT2D eigenvalue weighted by molar-refractivity contribution is -0.121. The molecule has 0 bridgehead atoms. The highest BCUT2D eigenvalue weighted by molar-refractivity contribution is 5.75. The Kier molecular flexibility index (Phi) is 8.15. The van der Waals surface area contributed by atoms with Crippen molar-refractivity contribution in [3.05, 3.63) is 35.4 Å². The van der Waals surface area contributed by atoms with E-state index in [0.717, 1.165) is 31.2 Å². The molecule has 1 rings (SSSR count). The van der Waals surface area contributed by atoms with Gasteiger partial charge in [0, 0.05) is 13.0 Å². The molecule has 0 heterocycles. The Morgan fingerprint density at radius 1 is 1.38 bits per heavy atom. The number of rotatable bonds is 9. The zero-order valence-corrected chi connectivity index (χ0v) is 12.8. The molecule has 1 aromatic rings. The summed E-state index contributed by atoms with van der Waals surface area (Å²) in [7, 11) is 0. The standard InChI is InChI=1S/C17H25N3O/c1-2-4-14(9-10-18)7-8-17(21)20-13-16-6-3-5-15(11-16)12-19/h3,5-6,11,14H,2,4,7-10,13,18H2,1H3,(H,20,21). The summed E-state index contributed by atoms with van der Waals surface area (Å²) in [5.74, 6) is 0.614. The molecule has 1 aromatic carbocycles.